The van der Waals surface area contributed by atoms with Gasteiger partial charge < -0.3 is 14.7 Å². The van der Waals surface area contributed by atoms with Gasteiger partial charge in [0.25, 0.3) is 5.91 Å². The largest absolute Gasteiger partial charge is 0.331 e. The van der Waals surface area contributed by atoms with Crippen LogP contribution in [-0.2, 0) is 9.84 Å². The predicted molar refractivity (Wildman–Crippen MR) is 92.0 cm³/mol. The number of hydrogen-bond acceptors (Lipinski definition) is 5. The van der Waals surface area contributed by atoms with Crippen LogP contribution in [0.3, 0.4) is 0 Å². The quantitative estimate of drug-likeness (QED) is 0.697. The maximum atomic E-state index is 12.9. The molecule has 0 bridgehead atoms. The number of aromatic nitrogens is 1. The van der Waals surface area contributed by atoms with Crippen LogP contribution in [0.2, 0.25) is 0 Å². The number of carbonyl (C=O) groups is 2. The molecule has 0 N–H and O–H groups in total. The molecule has 2 aliphatic heterocycles. The van der Waals surface area contributed by atoms with Crippen molar-refractivity contribution in [2.45, 2.75) is 19.0 Å². The van der Waals surface area contributed by atoms with Gasteiger partial charge in [-0.05, 0) is 19.1 Å². The summed E-state index contributed by atoms with van der Waals surface area (Å²) in [4.78, 5) is 34.0. The maximum absolute atomic E-state index is 12.9. The van der Waals surface area contributed by atoms with Gasteiger partial charge in [0.05, 0.1) is 29.2 Å². The van der Waals surface area contributed by atoms with E-state index in [2.05, 4.69) is 4.98 Å². The number of piperazine rings is 1. The van der Waals surface area contributed by atoms with E-state index in [1.807, 2.05) is 6.92 Å². The van der Waals surface area contributed by atoms with Gasteiger partial charge in [0.2, 0.25) is 0 Å². The molecule has 0 saturated carbocycles. The van der Waals surface area contributed by atoms with Crippen molar-refractivity contribution in [2.24, 2.45) is 0 Å². The third kappa shape index (κ3) is 3.33. The first-order valence-electron chi connectivity index (χ1n) is 8.11. The summed E-state index contributed by atoms with van der Waals surface area (Å²) in [7, 11) is -0.0278. The number of amides is 3. The van der Waals surface area contributed by atoms with Crippen LogP contribution in [0.1, 0.15) is 16.1 Å². The third-order valence-electron chi connectivity index (χ3n) is 4.72. The van der Waals surface area contributed by atoms with Crippen LogP contribution in [0.4, 0.5) is 4.79 Å². The summed E-state index contributed by atoms with van der Waals surface area (Å²) < 4.78 is 24.4. The molecule has 2 fully saturated rings. The van der Waals surface area contributed by atoms with Crippen molar-refractivity contribution in [3.8, 4) is 0 Å². The molecule has 25 heavy (non-hydrogen) atoms. The Morgan fingerprint density at radius 2 is 1.72 bits per heavy atom. The van der Waals surface area contributed by atoms with Crippen LogP contribution in [-0.4, -0.2) is 90.8 Å². The molecule has 0 spiro atoms. The Balaban J connectivity index is 1.89. The average Bonchev–Trinajstić information content (AvgIpc) is 2.88. The summed E-state index contributed by atoms with van der Waals surface area (Å²) in [5.41, 5.74) is 1.24. The zero-order valence-corrected chi connectivity index (χ0v) is 15.4. The Morgan fingerprint density at radius 3 is 2.28 bits per heavy atom. The van der Waals surface area contributed by atoms with Crippen LogP contribution in [0.15, 0.2) is 18.3 Å². The first kappa shape index (κ1) is 17.7. The normalized spacial score (nSPS) is 24.8. The number of urea groups is 1. The molecule has 3 heterocycles. The van der Waals surface area contributed by atoms with Crippen LogP contribution < -0.4 is 0 Å². The lowest BCUT2D eigenvalue weighted by atomic mass is 10.0. The van der Waals surface area contributed by atoms with E-state index in [0.717, 1.165) is 5.69 Å². The van der Waals surface area contributed by atoms with Crippen LogP contribution >= 0.6 is 0 Å². The second-order valence-corrected chi connectivity index (χ2v) is 8.92. The molecule has 2 saturated heterocycles. The molecule has 136 valence electrons. The number of aryl methyl sites for hydroxylation is 1. The number of rotatable bonds is 1. The fraction of sp³-hybridized carbons (Fsp3) is 0.562. The highest BCUT2D eigenvalue weighted by Gasteiger charge is 2.49. The van der Waals surface area contributed by atoms with Gasteiger partial charge in [0, 0.05) is 39.1 Å². The molecule has 9 heteroatoms. The van der Waals surface area contributed by atoms with E-state index in [1.165, 1.54) is 11.1 Å². The van der Waals surface area contributed by atoms with Gasteiger partial charge in [-0.1, -0.05) is 0 Å². The lowest BCUT2D eigenvalue weighted by molar-refractivity contribution is 0.0393. The third-order valence-corrected chi connectivity index (χ3v) is 6.42. The first-order valence-corrected chi connectivity index (χ1v) is 9.94. The summed E-state index contributed by atoms with van der Waals surface area (Å²) >= 11 is 0. The highest BCUT2D eigenvalue weighted by atomic mass is 32.2. The Kier molecular flexibility index (Phi) is 4.44. The summed E-state index contributed by atoms with van der Waals surface area (Å²) in [6, 6.07) is 2.20. The summed E-state index contributed by atoms with van der Waals surface area (Å²) in [6.45, 7) is 2.46. The molecule has 3 amide bonds. The highest BCUT2D eigenvalue weighted by Crippen LogP contribution is 2.28. The van der Waals surface area contributed by atoms with E-state index in [-0.39, 0.29) is 23.4 Å². The molecule has 8 nitrogen and oxygen atoms in total. The Morgan fingerprint density at radius 1 is 1.12 bits per heavy atom. The maximum Gasteiger partial charge on any atom is 0.319 e. The fourth-order valence-electron chi connectivity index (χ4n) is 3.46. The highest BCUT2D eigenvalue weighted by molar-refractivity contribution is 7.91. The summed E-state index contributed by atoms with van der Waals surface area (Å²) in [5.74, 6) is -0.455. The SMILES string of the molecule is Cc1ccc(C(=O)N2CCN(C(=O)N(C)C)[C@H]3CS(=O)(=O)C[C@H]32)cn1. The Bertz CT molecular complexity index is 791. The lowest BCUT2D eigenvalue weighted by Gasteiger charge is -2.44. The zero-order valence-electron chi connectivity index (χ0n) is 14.5. The molecular formula is C16H22N4O4S. The van der Waals surface area contributed by atoms with Crippen molar-refractivity contribution in [3.63, 3.8) is 0 Å². The molecule has 3 rings (SSSR count). The minimum atomic E-state index is -3.30. The minimum absolute atomic E-state index is 0.104. The van der Waals surface area contributed by atoms with Crippen LogP contribution in [0.25, 0.3) is 0 Å². The van der Waals surface area contributed by atoms with Gasteiger partial charge in [0.1, 0.15) is 0 Å². The number of sulfone groups is 1. The van der Waals surface area contributed by atoms with Gasteiger partial charge >= 0.3 is 6.03 Å². The average molecular weight is 366 g/mol. The van der Waals surface area contributed by atoms with Crippen molar-refractivity contribution >= 4 is 21.8 Å². The molecule has 0 radical (unpaired) electrons. The standard InChI is InChI=1S/C16H22N4O4S/c1-11-4-5-12(8-17-11)15(21)19-6-7-20(16(22)18(2)3)14-10-25(23,24)9-13(14)19/h4-5,8,13-14H,6-7,9-10H2,1-3H3/t13-,14+/m1/s1. The van der Waals surface area contributed by atoms with Crippen molar-refractivity contribution in [2.75, 3.05) is 38.7 Å². The van der Waals surface area contributed by atoms with Crippen LogP contribution in [0, 0.1) is 6.92 Å². The van der Waals surface area contributed by atoms with E-state index in [1.54, 1.807) is 36.0 Å². The second kappa shape index (κ2) is 6.29. The lowest BCUT2D eigenvalue weighted by Crippen LogP contribution is -2.63. The summed E-state index contributed by atoms with van der Waals surface area (Å²) in [6.07, 6.45) is 1.51. The molecule has 0 aliphatic carbocycles. The monoisotopic (exact) mass is 366 g/mol. The topological polar surface area (TPSA) is 90.9 Å². The number of hydrogen-bond donors (Lipinski definition) is 0. The predicted octanol–water partition coefficient (Wildman–Crippen LogP) is -0.00498. The van der Waals surface area contributed by atoms with Gasteiger partial charge in [-0.25, -0.2) is 13.2 Å². The van der Waals surface area contributed by atoms with E-state index >= 15 is 0 Å². The molecular weight excluding hydrogens is 344 g/mol. The van der Waals surface area contributed by atoms with Crippen LogP contribution in [0.5, 0.6) is 0 Å². The summed E-state index contributed by atoms with van der Waals surface area (Å²) in [5, 5.41) is 0. The van der Waals surface area contributed by atoms with Crippen molar-refractivity contribution in [1.29, 1.82) is 0 Å². The number of pyridine rings is 1. The second-order valence-electron chi connectivity index (χ2n) is 6.77. The molecule has 2 aliphatic rings. The van der Waals surface area contributed by atoms with E-state index < -0.39 is 21.9 Å². The minimum Gasteiger partial charge on any atom is -0.331 e. The van der Waals surface area contributed by atoms with E-state index in [0.29, 0.717) is 18.7 Å². The molecule has 0 aromatic carbocycles. The van der Waals surface area contributed by atoms with Gasteiger partial charge in [-0.2, -0.15) is 0 Å². The molecule has 1 aromatic rings. The van der Waals surface area contributed by atoms with Gasteiger partial charge in [-0.15, -0.1) is 0 Å². The number of carbonyl (C=O) groups excluding carboxylic acids is 2. The zero-order chi connectivity index (χ0) is 18.4. The molecule has 1 aromatic heterocycles. The first-order chi connectivity index (χ1) is 11.7. The Hall–Kier alpha value is -2.16. The molecule has 0 unspecified atom stereocenters. The molecule has 2 atom stereocenters. The van der Waals surface area contributed by atoms with Gasteiger partial charge in [0.15, 0.2) is 9.84 Å². The smallest absolute Gasteiger partial charge is 0.319 e. The Labute approximate surface area is 147 Å². The van der Waals surface area contributed by atoms with Crippen molar-refractivity contribution in [3.05, 3.63) is 29.6 Å². The number of fused-ring (bicyclic) bond motifs is 1. The number of nitrogens with zero attached hydrogens (tertiary/aromatic N) is 4. The van der Waals surface area contributed by atoms with E-state index in [9.17, 15) is 18.0 Å². The van der Waals surface area contributed by atoms with Gasteiger partial charge in [-0.3, -0.25) is 9.78 Å². The van der Waals surface area contributed by atoms with E-state index in [4.69, 9.17) is 0 Å². The van der Waals surface area contributed by atoms with Crippen molar-refractivity contribution < 1.29 is 18.0 Å². The van der Waals surface area contributed by atoms with Crippen molar-refractivity contribution in [1.82, 2.24) is 19.7 Å². The fourth-order valence-corrected chi connectivity index (χ4v) is 5.44.